The molecule has 29 heavy (non-hydrogen) atoms. The van der Waals surface area contributed by atoms with Crippen LogP contribution in [0.2, 0.25) is 0 Å². The van der Waals surface area contributed by atoms with Crippen molar-refractivity contribution in [2.24, 2.45) is 0 Å². The number of benzene rings is 2. The van der Waals surface area contributed by atoms with Crippen LogP contribution in [0.15, 0.2) is 65.3 Å². The highest BCUT2D eigenvalue weighted by atomic mass is 16.6. The predicted molar refractivity (Wildman–Crippen MR) is 107 cm³/mol. The third-order valence-electron chi connectivity index (χ3n) is 4.54. The maximum atomic E-state index is 12.7. The molecular weight excluding hydrogens is 372 g/mol. The Kier molecular flexibility index (Phi) is 5.67. The summed E-state index contributed by atoms with van der Waals surface area (Å²) in [5.74, 6) is 2.06. The highest BCUT2D eigenvalue weighted by molar-refractivity contribution is 5.92. The van der Waals surface area contributed by atoms with Gasteiger partial charge in [-0.2, -0.15) is 0 Å². The Morgan fingerprint density at radius 3 is 2.62 bits per heavy atom. The van der Waals surface area contributed by atoms with Gasteiger partial charge < -0.3 is 24.3 Å². The number of anilines is 1. The molecule has 0 spiro atoms. The number of carbonyl (C=O) groups is 1. The van der Waals surface area contributed by atoms with Crippen molar-refractivity contribution in [2.45, 2.75) is 13.1 Å². The van der Waals surface area contributed by atoms with E-state index in [0.29, 0.717) is 43.5 Å². The molecule has 2 aromatic carbocycles. The van der Waals surface area contributed by atoms with E-state index >= 15 is 0 Å². The smallest absolute Gasteiger partial charge is 0.238 e. The Labute approximate surface area is 168 Å². The number of hydrogen-bond donors (Lipinski definition) is 2. The van der Waals surface area contributed by atoms with Crippen molar-refractivity contribution in [3.8, 4) is 17.2 Å². The molecular formula is C22H22N2O5. The molecule has 1 aliphatic rings. The number of phenols is 1. The molecule has 1 aromatic heterocycles. The average Bonchev–Trinajstić information content (AvgIpc) is 3.22. The second-order valence-corrected chi connectivity index (χ2v) is 6.76. The number of furan rings is 1. The lowest BCUT2D eigenvalue weighted by molar-refractivity contribution is -0.117. The number of para-hydroxylation sites is 1. The van der Waals surface area contributed by atoms with Crippen LogP contribution >= 0.6 is 0 Å². The van der Waals surface area contributed by atoms with Gasteiger partial charge in [0.05, 0.1) is 19.4 Å². The molecule has 0 unspecified atom stereocenters. The summed E-state index contributed by atoms with van der Waals surface area (Å²) in [4.78, 5) is 14.6. The number of phenolic OH excluding ortho intramolecular Hbond substituents is 1. The number of ether oxygens (including phenoxy) is 2. The first-order valence-electron chi connectivity index (χ1n) is 9.38. The normalized spacial score (nSPS) is 12.7. The molecule has 3 aromatic rings. The largest absolute Gasteiger partial charge is 0.508 e. The molecule has 0 radical (unpaired) electrons. The van der Waals surface area contributed by atoms with Gasteiger partial charge in [0.2, 0.25) is 5.91 Å². The van der Waals surface area contributed by atoms with Crippen LogP contribution in [0.25, 0.3) is 0 Å². The number of fused-ring (bicyclic) bond motifs is 1. The Hall–Kier alpha value is -3.45. The van der Waals surface area contributed by atoms with E-state index in [4.69, 9.17) is 13.9 Å². The molecule has 0 saturated carbocycles. The van der Waals surface area contributed by atoms with Crippen molar-refractivity contribution in [1.82, 2.24) is 4.90 Å². The van der Waals surface area contributed by atoms with Gasteiger partial charge in [0.15, 0.2) is 11.5 Å². The zero-order chi connectivity index (χ0) is 20.1. The highest BCUT2D eigenvalue weighted by Crippen LogP contribution is 2.32. The summed E-state index contributed by atoms with van der Waals surface area (Å²) in [6.45, 7) is 1.98. The van der Waals surface area contributed by atoms with Crippen LogP contribution in [0, 0.1) is 0 Å². The summed E-state index contributed by atoms with van der Waals surface area (Å²) in [6, 6.07) is 16.1. The molecule has 2 heterocycles. The van der Waals surface area contributed by atoms with Crippen LogP contribution in [-0.2, 0) is 17.9 Å². The Morgan fingerprint density at radius 2 is 1.83 bits per heavy atom. The molecule has 1 aliphatic heterocycles. The Morgan fingerprint density at radius 1 is 1.00 bits per heavy atom. The summed E-state index contributed by atoms with van der Waals surface area (Å²) < 4.78 is 16.5. The van der Waals surface area contributed by atoms with Crippen LogP contribution in [-0.4, -0.2) is 35.7 Å². The van der Waals surface area contributed by atoms with Gasteiger partial charge in [-0.05, 0) is 30.3 Å². The number of carbonyl (C=O) groups excluding carboxylic acids is 1. The van der Waals surface area contributed by atoms with Crippen molar-refractivity contribution < 1.29 is 23.8 Å². The lowest BCUT2D eigenvalue weighted by atomic mass is 10.2. The molecule has 0 saturated heterocycles. The minimum atomic E-state index is -0.177. The monoisotopic (exact) mass is 394 g/mol. The van der Waals surface area contributed by atoms with Gasteiger partial charge in [0.1, 0.15) is 24.7 Å². The van der Waals surface area contributed by atoms with Crippen LogP contribution < -0.4 is 14.8 Å². The predicted octanol–water partition coefficient (Wildman–Crippen LogP) is 3.40. The summed E-state index contributed by atoms with van der Waals surface area (Å²) in [6.07, 6.45) is 1.60. The molecule has 150 valence electrons. The fraction of sp³-hybridized carbons (Fsp3) is 0.227. The molecule has 0 atom stereocenters. The van der Waals surface area contributed by atoms with E-state index in [2.05, 4.69) is 5.32 Å². The SMILES string of the molecule is O=C(CN(Cc1ccco1)Cc1ccccc1O)Nc1ccc2c(c1)OCCO2. The van der Waals surface area contributed by atoms with Crippen molar-refractivity contribution in [3.05, 3.63) is 72.2 Å². The van der Waals surface area contributed by atoms with Crippen molar-refractivity contribution in [1.29, 1.82) is 0 Å². The maximum absolute atomic E-state index is 12.7. The van der Waals surface area contributed by atoms with Gasteiger partial charge in [0, 0.05) is 23.9 Å². The average molecular weight is 394 g/mol. The van der Waals surface area contributed by atoms with E-state index in [9.17, 15) is 9.90 Å². The topological polar surface area (TPSA) is 84.2 Å². The molecule has 0 aliphatic carbocycles. The molecule has 0 fully saturated rings. The number of nitrogens with zero attached hydrogens (tertiary/aromatic N) is 1. The van der Waals surface area contributed by atoms with E-state index in [1.807, 2.05) is 29.2 Å². The summed E-state index contributed by atoms with van der Waals surface area (Å²) >= 11 is 0. The lowest BCUT2D eigenvalue weighted by Gasteiger charge is -2.22. The molecule has 7 heteroatoms. The van der Waals surface area contributed by atoms with Gasteiger partial charge in [-0.3, -0.25) is 9.69 Å². The molecule has 2 N–H and O–H groups in total. The van der Waals surface area contributed by atoms with Crippen molar-refractivity contribution in [2.75, 3.05) is 25.1 Å². The summed E-state index contributed by atoms with van der Waals surface area (Å²) in [5, 5.41) is 13.0. The highest BCUT2D eigenvalue weighted by Gasteiger charge is 2.17. The number of aromatic hydroxyl groups is 1. The Bertz CT molecular complexity index is 971. The number of nitrogens with one attached hydrogen (secondary N) is 1. The van der Waals surface area contributed by atoms with E-state index in [0.717, 1.165) is 11.3 Å². The maximum Gasteiger partial charge on any atom is 0.238 e. The lowest BCUT2D eigenvalue weighted by Crippen LogP contribution is -2.32. The van der Waals surface area contributed by atoms with Crippen LogP contribution in [0.1, 0.15) is 11.3 Å². The van der Waals surface area contributed by atoms with E-state index in [1.54, 1.807) is 36.6 Å². The van der Waals surface area contributed by atoms with Crippen LogP contribution in [0.5, 0.6) is 17.2 Å². The van der Waals surface area contributed by atoms with E-state index < -0.39 is 0 Å². The first-order valence-corrected chi connectivity index (χ1v) is 9.38. The third-order valence-corrected chi connectivity index (χ3v) is 4.54. The van der Waals surface area contributed by atoms with Crippen LogP contribution in [0.4, 0.5) is 5.69 Å². The number of hydrogen-bond acceptors (Lipinski definition) is 6. The van der Waals surface area contributed by atoms with Crippen LogP contribution in [0.3, 0.4) is 0 Å². The van der Waals surface area contributed by atoms with Gasteiger partial charge in [0.25, 0.3) is 0 Å². The van der Waals surface area contributed by atoms with Crippen molar-refractivity contribution >= 4 is 11.6 Å². The van der Waals surface area contributed by atoms with Gasteiger partial charge in [-0.25, -0.2) is 0 Å². The summed E-state index contributed by atoms with van der Waals surface area (Å²) in [5.41, 5.74) is 1.38. The second-order valence-electron chi connectivity index (χ2n) is 6.76. The summed E-state index contributed by atoms with van der Waals surface area (Å²) in [7, 11) is 0. The Balaban J connectivity index is 1.44. The first-order chi connectivity index (χ1) is 14.2. The minimum Gasteiger partial charge on any atom is -0.508 e. The quantitative estimate of drug-likeness (QED) is 0.639. The number of rotatable bonds is 7. The second kappa shape index (κ2) is 8.70. The molecule has 7 nitrogen and oxygen atoms in total. The fourth-order valence-corrected chi connectivity index (χ4v) is 3.20. The fourth-order valence-electron chi connectivity index (χ4n) is 3.20. The van der Waals surface area contributed by atoms with Gasteiger partial charge in [-0.1, -0.05) is 18.2 Å². The zero-order valence-corrected chi connectivity index (χ0v) is 15.8. The zero-order valence-electron chi connectivity index (χ0n) is 15.8. The van der Waals surface area contributed by atoms with E-state index in [-0.39, 0.29) is 18.2 Å². The molecule has 0 bridgehead atoms. The molecule has 1 amide bonds. The standard InChI is InChI=1S/C22H22N2O5/c25-19-6-2-1-4-16(19)13-24(14-18-5-3-9-27-18)15-22(26)23-17-7-8-20-21(12-17)29-11-10-28-20/h1-9,12,25H,10-11,13-15H2,(H,23,26). The molecule has 4 rings (SSSR count). The third kappa shape index (κ3) is 4.89. The minimum absolute atomic E-state index is 0.128. The number of amides is 1. The van der Waals surface area contributed by atoms with Gasteiger partial charge >= 0.3 is 0 Å². The van der Waals surface area contributed by atoms with Gasteiger partial charge in [-0.15, -0.1) is 0 Å². The van der Waals surface area contributed by atoms with Crippen molar-refractivity contribution in [3.63, 3.8) is 0 Å². The first kappa shape index (κ1) is 18.9. The van der Waals surface area contributed by atoms with E-state index in [1.165, 1.54) is 0 Å².